The lowest BCUT2D eigenvalue weighted by atomic mass is 10.2. The number of methoxy groups -OCH3 is 2. The Morgan fingerprint density at radius 2 is 2.05 bits per heavy atom. The molecule has 0 saturated carbocycles. The molecular formula is C15H16N2O4. The number of carbonyl (C=O) groups is 1. The number of nitrogens with two attached hydrogens (primary N) is 1. The van der Waals surface area contributed by atoms with Gasteiger partial charge in [0.15, 0.2) is 0 Å². The van der Waals surface area contributed by atoms with Gasteiger partial charge in [0, 0.05) is 12.3 Å². The average molecular weight is 288 g/mol. The van der Waals surface area contributed by atoms with Gasteiger partial charge in [-0.15, -0.1) is 0 Å². The van der Waals surface area contributed by atoms with Crippen LogP contribution in [0.3, 0.4) is 0 Å². The van der Waals surface area contributed by atoms with Gasteiger partial charge in [-0.3, -0.25) is 4.98 Å². The lowest BCUT2D eigenvalue weighted by molar-refractivity contribution is 0.0600. The average Bonchev–Trinajstić information content (AvgIpc) is 2.54. The molecule has 0 aliphatic heterocycles. The Kier molecular flexibility index (Phi) is 4.61. The minimum atomic E-state index is -0.424. The molecule has 0 spiro atoms. The molecule has 21 heavy (non-hydrogen) atoms. The molecule has 0 amide bonds. The summed E-state index contributed by atoms with van der Waals surface area (Å²) in [6, 6.07) is 8.50. The van der Waals surface area contributed by atoms with Crippen LogP contribution < -0.4 is 15.2 Å². The molecule has 2 rings (SSSR count). The fraction of sp³-hybridized carbons (Fsp3) is 0.200. The quantitative estimate of drug-likeness (QED) is 0.669. The zero-order valence-corrected chi connectivity index (χ0v) is 11.8. The molecule has 0 aliphatic carbocycles. The molecule has 110 valence electrons. The van der Waals surface area contributed by atoms with Gasteiger partial charge in [-0.2, -0.15) is 0 Å². The van der Waals surface area contributed by atoms with Gasteiger partial charge in [0.2, 0.25) is 0 Å². The summed E-state index contributed by atoms with van der Waals surface area (Å²) in [5.41, 5.74) is 7.41. The summed E-state index contributed by atoms with van der Waals surface area (Å²) in [6.07, 6.45) is 1.44. The number of rotatable bonds is 5. The van der Waals surface area contributed by atoms with Gasteiger partial charge in [0.05, 0.1) is 31.2 Å². The third kappa shape index (κ3) is 3.62. The molecule has 1 heterocycles. The van der Waals surface area contributed by atoms with E-state index >= 15 is 0 Å². The van der Waals surface area contributed by atoms with Crippen molar-refractivity contribution in [1.29, 1.82) is 0 Å². The van der Waals surface area contributed by atoms with E-state index in [9.17, 15) is 4.79 Å². The van der Waals surface area contributed by atoms with Crippen molar-refractivity contribution < 1.29 is 19.0 Å². The van der Waals surface area contributed by atoms with Crippen LogP contribution in [0, 0.1) is 0 Å². The van der Waals surface area contributed by atoms with Crippen molar-refractivity contribution in [3.8, 4) is 11.5 Å². The maximum atomic E-state index is 11.3. The predicted octanol–water partition coefficient (Wildman–Crippen LogP) is 2.04. The Hall–Kier alpha value is -2.76. The molecule has 6 nitrogen and oxygen atoms in total. The number of aromatic nitrogens is 1. The van der Waals surface area contributed by atoms with E-state index in [0.717, 1.165) is 0 Å². The van der Waals surface area contributed by atoms with Crippen LogP contribution in [0.1, 0.15) is 16.1 Å². The number of hydrogen-bond donors (Lipinski definition) is 1. The molecule has 0 saturated heterocycles. The second-order valence-corrected chi connectivity index (χ2v) is 4.22. The van der Waals surface area contributed by atoms with Crippen LogP contribution in [-0.4, -0.2) is 25.2 Å². The zero-order chi connectivity index (χ0) is 15.2. The van der Waals surface area contributed by atoms with E-state index in [1.807, 2.05) is 0 Å². The standard InChI is InChI=1S/C15H16N2O4/c1-19-12-5-6-13(16)14(7-12)21-9-11-4-3-10(8-17-11)15(18)20-2/h3-8H,9,16H2,1-2H3. The van der Waals surface area contributed by atoms with Crippen LogP contribution in [0.15, 0.2) is 36.5 Å². The first-order valence-electron chi connectivity index (χ1n) is 6.23. The summed E-state index contributed by atoms with van der Waals surface area (Å²) in [7, 11) is 2.90. The highest BCUT2D eigenvalue weighted by atomic mass is 16.5. The maximum Gasteiger partial charge on any atom is 0.339 e. The molecule has 0 unspecified atom stereocenters. The van der Waals surface area contributed by atoms with E-state index in [-0.39, 0.29) is 6.61 Å². The number of pyridine rings is 1. The predicted molar refractivity (Wildman–Crippen MR) is 77.3 cm³/mol. The van der Waals surface area contributed by atoms with Gasteiger partial charge in [0.25, 0.3) is 0 Å². The largest absolute Gasteiger partial charge is 0.497 e. The molecule has 2 N–H and O–H groups in total. The highest BCUT2D eigenvalue weighted by Crippen LogP contribution is 2.27. The molecule has 2 aromatic rings. The highest BCUT2D eigenvalue weighted by Gasteiger charge is 2.07. The van der Waals surface area contributed by atoms with Gasteiger partial charge in [-0.25, -0.2) is 4.79 Å². The molecule has 6 heteroatoms. The molecule has 0 aliphatic rings. The van der Waals surface area contributed by atoms with Crippen molar-refractivity contribution in [1.82, 2.24) is 4.98 Å². The maximum absolute atomic E-state index is 11.3. The monoisotopic (exact) mass is 288 g/mol. The van der Waals surface area contributed by atoms with Crippen LogP contribution in [0.5, 0.6) is 11.5 Å². The van der Waals surface area contributed by atoms with E-state index in [2.05, 4.69) is 9.72 Å². The Morgan fingerprint density at radius 1 is 1.24 bits per heavy atom. The summed E-state index contributed by atoms with van der Waals surface area (Å²) >= 11 is 0. The van der Waals surface area contributed by atoms with Crippen LogP contribution in [0.25, 0.3) is 0 Å². The number of nitrogens with zero attached hydrogens (tertiary/aromatic N) is 1. The topological polar surface area (TPSA) is 83.7 Å². The third-order valence-electron chi connectivity index (χ3n) is 2.84. The normalized spacial score (nSPS) is 10.0. The molecule has 0 atom stereocenters. The number of ether oxygens (including phenoxy) is 3. The first kappa shape index (κ1) is 14.6. The molecule has 0 fully saturated rings. The van der Waals surface area contributed by atoms with Crippen LogP contribution in [0.2, 0.25) is 0 Å². The second-order valence-electron chi connectivity index (χ2n) is 4.22. The Balaban J connectivity index is 2.04. The van der Waals surface area contributed by atoms with E-state index in [0.29, 0.717) is 28.4 Å². The van der Waals surface area contributed by atoms with Gasteiger partial charge in [-0.1, -0.05) is 0 Å². The van der Waals surface area contributed by atoms with Crippen molar-refractivity contribution in [2.24, 2.45) is 0 Å². The van der Waals surface area contributed by atoms with Gasteiger partial charge in [-0.05, 0) is 24.3 Å². The first-order chi connectivity index (χ1) is 10.1. The molecule has 1 aromatic carbocycles. The number of anilines is 1. The van der Waals surface area contributed by atoms with E-state index in [1.165, 1.54) is 13.3 Å². The Bertz CT molecular complexity index is 626. The van der Waals surface area contributed by atoms with Crippen LogP contribution in [0.4, 0.5) is 5.69 Å². The number of esters is 1. The van der Waals surface area contributed by atoms with Crippen molar-refractivity contribution >= 4 is 11.7 Å². The number of benzene rings is 1. The van der Waals surface area contributed by atoms with Gasteiger partial charge in [0.1, 0.15) is 18.1 Å². The zero-order valence-electron chi connectivity index (χ0n) is 11.8. The summed E-state index contributed by atoms with van der Waals surface area (Å²) in [4.78, 5) is 15.4. The minimum Gasteiger partial charge on any atom is -0.497 e. The molecular weight excluding hydrogens is 272 g/mol. The van der Waals surface area contributed by atoms with Crippen molar-refractivity contribution in [3.05, 3.63) is 47.8 Å². The summed E-state index contributed by atoms with van der Waals surface area (Å²) < 4.78 is 15.3. The third-order valence-corrected chi connectivity index (χ3v) is 2.84. The SMILES string of the molecule is COC(=O)c1ccc(COc2cc(OC)ccc2N)nc1. The van der Waals surface area contributed by atoms with E-state index < -0.39 is 5.97 Å². The fourth-order valence-corrected chi connectivity index (χ4v) is 1.67. The fourth-order valence-electron chi connectivity index (χ4n) is 1.67. The smallest absolute Gasteiger partial charge is 0.339 e. The van der Waals surface area contributed by atoms with E-state index in [4.69, 9.17) is 15.2 Å². The lowest BCUT2D eigenvalue weighted by Crippen LogP contribution is -2.04. The van der Waals surface area contributed by atoms with Gasteiger partial charge < -0.3 is 19.9 Å². The second kappa shape index (κ2) is 6.60. The molecule has 1 aromatic heterocycles. The van der Waals surface area contributed by atoms with Crippen molar-refractivity contribution in [3.63, 3.8) is 0 Å². The molecule has 0 radical (unpaired) electrons. The summed E-state index contributed by atoms with van der Waals surface area (Å²) in [5.74, 6) is 0.758. The van der Waals surface area contributed by atoms with Gasteiger partial charge >= 0.3 is 5.97 Å². The Morgan fingerprint density at radius 3 is 2.67 bits per heavy atom. The lowest BCUT2D eigenvalue weighted by Gasteiger charge is -2.10. The van der Waals surface area contributed by atoms with Crippen LogP contribution in [-0.2, 0) is 11.3 Å². The Labute approximate surface area is 122 Å². The number of carbonyl (C=O) groups excluding carboxylic acids is 1. The minimum absolute atomic E-state index is 0.235. The van der Waals surface area contributed by atoms with Crippen LogP contribution >= 0.6 is 0 Å². The summed E-state index contributed by atoms with van der Waals surface area (Å²) in [6.45, 7) is 0.235. The molecule has 0 bridgehead atoms. The summed E-state index contributed by atoms with van der Waals surface area (Å²) in [5, 5.41) is 0. The van der Waals surface area contributed by atoms with Crippen molar-refractivity contribution in [2.45, 2.75) is 6.61 Å². The first-order valence-corrected chi connectivity index (χ1v) is 6.23. The number of nitrogen functional groups attached to an aromatic ring is 1. The van der Waals surface area contributed by atoms with E-state index in [1.54, 1.807) is 37.4 Å². The highest BCUT2D eigenvalue weighted by molar-refractivity contribution is 5.88. The van der Waals surface area contributed by atoms with Crippen molar-refractivity contribution in [2.75, 3.05) is 20.0 Å². The number of hydrogen-bond acceptors (Lipinski definition) is 6.